The summed E-state index contributed by atoms with van der Waals surface area (Å²) in [4.78, 5) is 2.09. The molecule has 1 heterocycles. The topological polar surface area (TPSA) is 29.3 Å². The number of hydrogen-bond acceptors (Lipinski definition) is 2. The molecule has 0 radical (unpaired) electrons. The molecule has 1 aliphatic rings. The molecule has 0 unspecified atom stereocenters. The van der Waals surface area contributed by atoms with Crippen molar-refractivity contribution < 1.29 is 4.39 Å². The highest BCUT2D eigenvalue weighted by Gasteiger charge is 2.18. The van der Waals surface area contributed by atoms with Gasteiger partial charge in [-0.15, -0.1) is 0 Å². The van der Waals surface area contributed by atoms with Crippen LogP contribution in [-0.4, -0.2) is 19.1 Å². The molecular weight excluding hydrogens is 191 g/mol. The van der Waals surface area contributed by atoms with E-state index in [0.29, 0.717) is 0 Å². The molecule has 0 spiro atoms. The lowest BCUT2D eigenvalue weighted by Crippen LogP contribution is -2.40. The molecule has 1 aromatic rings. The van der Waals surface area contributed by atoms with Gasteiger partial charge in [0.2, 0.25) is 0 Å². The number of nitrogens with zero attached hydrogens (tertiary/aromatic N) is 1. The van der Waals surface area contributed by atoms with Gasteiger partial charge in [-0.2, -0.15) is 0 Å². The van der Waals surface area contributed by atoms with Crippen LogP contribution in [0.1, 0.15) is 18.4 Å². The molecule has 2 rings (SSSR count). The smallest absolute Gasteiger partial charge is 0.146 e. The van der Waals surface area contributed by atoms with Crippen LogP contribution in [0.5, 0.6) is 0 Å². The van der Waals surface area contributed by atoms with E-state index in [-0.39, 0.29) is 11.9 Å². The van der Waals surface area contributed by atoms with Gasteiger partial charge in [0.05, 0.1) is 5.69 Å². The van der Waals surface area contributed by atoms with E-state index in [1.807, 2.05) is 13.0 Å². The molecule has 2 nitrogen and oxygen atoms in total. The molecular formula is C12H17FN2. The summed E-state index contributed by atoms with van der Waals surface area (Å²) in [6, 6.07) is 5.54. The minimum Gasteiger partial charge on any atom is -0.369 e. The highest BCUT2D eigenvalue weighted by Crippen LogP contribution is 2.23. The van der Waals surface area contributed by atoms with Gasteiger partial charge in [0.1, 0.15) is 5.82 Å². The molecule has 0 atom stereocenters. The number of hydrogen-bond donors (Lipinski definition) is 1. The minimum atomic E-state index is -0.129. The van der Waals surface area contributed by atoms with Crippen molar-refractivity contribution in [1.29, 1.82) is 0 Å². The van der Waals surface area contributed by atoms with Crippen LogP contribution in [0, 0.1) is 12.7 Å². The zero-order chi connectivity index (χ0) is 10.8. The fourth-order valence-electron chi connectivity index (χ4n) is 2.01. The number of anilines is 1. The van der Waals surface area contributed by atoms with Gasteiger partial charge < -0.3 is 10.6 Å². The highest BCUT2D eigenvalue weighted by molar-refractivity contribution is 5.50. The number of piperidine rings is 1. The van der Waals surface area contributed by atoms with E-state index in [9.17, 15) is 4.39 Å². The summed E-state index contributed by atoms with van der Waals surface area (Å²) < 4.78 is 13.6. The fraction of sp³-hybridized carbons (Fsp3) is 0.500. The maximum absolute atomic E-state index is 13.6. The predicted octanol–water partition coefficient (Wildman–Crippen LogP) is 2.06. The summed E-state index contributed by atoms with van der Waals surface area (Å²) >= 11 is 0. The Balaban J connectivity index is 2.18. The Morgan fingerprint density at radius 1 is 1.33 bits per heavy atom. The second-order valence-corrected chi connectivity index (χ2v) is 4.28. The van der Waals surface area contributed by atoms with Crippen molar-refractivity contribution in [3.63, 3.8) is 0 Å². The Kier molecular flexibility index (Phi) is 2.91. The van der Waals surface area contributed by atoms with Gasteiger partial charge in [-0.3, -0.25) is 0 Å². The Hall–Kier alpha value is -1.09. The van der Waals surface area contributed by atoms with E-state index in [1.165, 1.54) is 0 Å². The average molecular weight is 208 g/mol. The van der Waals surface area contributed by atoms with E-state index in [4.69, 9.17) is 5.73 Å². The van der Waals surface area contributed by atoms with E-state index in [2.05, 4.69) is 4.90 Å². The van der Waals surface area contributed by atoms with Crippen LogP contribution >= 0.6 is 0 Å². The van der Waals surface area contributed by atoms with Gasteiger partial charge in [0, 0.05) is 19.1 Å². The Bertz CT molecular complexity index is 343. The summed E-state index contributed by atoms with van der Waals surface area (Å²) in [5, 5.41) is 0. The van der Waals surface area contributed by atoms with Crippen molar-refractivity contribution in [2.24, 2.45) is 5.73 Å². The van der Waals surface area contributed by atoms with Gasteiger partial charge >= 0.3 is 0 Å². The summed E-state index contributed by atoms with van der Waals surface area (Å²) in [6.07, 6.45) is 1.90. The van der Waals surface area contributed by atoms with Crippen molar-refractivity contribution in [1.82, 2.24) is 0 Å². The molecule has 0 aliphatic carbocycles. The number of benzene rings is 1. The van der Waals surface area contributed by atoms with E-state index >= 15 is 0 Å². The third kappa shape index (κ3) is 2.29. The first-order valence-electron chi connectivity index (χ1n) is 5.43. The molecule has 3 heteroatoms. The lowest BCUT2D eigenvalue weighted by atomic mass is 10.0. The predicted molar refractivity (Wildman–Crippen MR) is 60.6 cm³/mol. The van der Waals surface area contributed by atoms with E-state index in [0.717, 1.165) is 37.2 Å². The van der Waals surface area contributed by atoms with Crippen molar-refractivity contribution in [2.75, 3.05) is 18.0 Å². The summed E-state index contributed by atoms with van der Waals surface area (Å²) in [6.45, 7) is 3.71. The molecule has 15 heavy (non-hydrogen) atoms. The van der Waals surface area contributed by atoms with Crippen molar-refractivity contribution >= 4 is 5.69 Å². The zero-order valence-electron chi connectivity index (χ0n) is 9.04. The molecule has 0 aromatic heterocycles. The minimum absolute atomic E-state index is 0.129. The standard InChI is InChI=1S/C12H17FN2/c1-9-2-3-11(13)12(8-9)15-6-4-10(14)5-7-15/h2-3,8,10H,4-7,14H2,1H3. The highest BCUT2D eigenvalue weighted by atomic mass is 19.1. The molecule has 0 amide bonds. The molecule has 1 saturated heterocycles. The lowest BCUT2D eigenvalue weighted by Gasteiger charge is -2.32. The third-order valence-corrected chi connectivity index (χ3v) is 2.98. The van der Waals surface area contributed by atoms with Gasteiger partial charge in [0.15, 0.2) is 0 Å². The number of aryl methyl sites for hydroxylation is 1. The van der Waals surface area contributed by atoms with Crippen LogP contribution in [0.3, 0.4) is 0 Å². The van der Waals surface area contributed by atoms with Crippen LogP contribution in [0.4, 0.5) is 10.1 Å². The molecule has 1 fully saturated rings. The van der Waals surface area contributed by atoms with Crippen LogP contribution in [-0.2, 0) is 0 Å². The molecule has 1 aromatic carbocycles. The lowest BCUT2D eigenvalue weighted by molar-refractivity contribution is 0.494. The Labute approximate surface area is 89.9 Å². The Morgan fingerprint density at radius 2 is 2.00 bits per heavy atom. The molecule has 82 valence electrons. The van der Waals surface area contributed by atoms with E-state index < -0.39 is 0 Å². The second-order valence-electron chi connectivity index (χ2n) is 4.28. The molecule has 2 N–H and O–H groups in total. The summed E-state index contributed by atoms with van der Waals surface area (Å²) in [7, 11) is 0. The summed E-state index contributed by atoms with van der Waals surface area (Å²) in [5.74, 6) is -0.129. The van der Waals surface area contributed by atoms with Gasteiger partial charge in [-0.05, 0) is 37.5 Å². The molecule has 1 aliphatic heterocycles. The van der Waals surface area contributed by atoms with Gasteiger partial charge in [-0.25, -0.2) is 4.39 Å². The van der Waals surface area contributed by atoms with Crippen LogP contribution < -0.4 is 10.6 Å². The SMILES string of the molecule is Cc1ccc(F)c(N2CCC(N)CC2)c1. The van der Waals surface area contributed by atoms with Gasteiger partial charge in [0.25, 0.3) is 0 Å². The first-order valence-corrected chi connectivity index (χ1v) is 5.43. The van der Waals surface area contributed by atoms with E-state index in [1.54, 1.807) is 12.1 Å². The first-order chi connectivity index (χ1) is 7.16. The maximum atomic E-state index is 13.6. The van der Waals surface area contributed by atoms with Crippen LogP contribution in [0.25, 0.3) is 0 Å². The maximum Gasteiger partial charge on any atom is 0.146 e. The van der Waals surface area contributed by atoms with Crippen molar-refractivity contribution in [3.05, 3.63) is 29.6 Å². The van der Waals surface area contributed by atoms with Crippen molar-refractivity contribution in [3.8, 4) is 0 Å². The van der Waals surface area contributed by atoms with Crippen LogP contribution in [0.2, 0.25) is 0 Å². The number of halogens is 1. The first kappa shape index (κ1) is 10.4. The number of nitrogens with two attached hydrogens (primary N) is 1. The summed E-state index contributed by atoms with van der Waals surface area (Å²) in [5.41, 5.74) is 7.64. The normalized spacial score (nSPS) is 18.2. The monoisotopic (exact) mass is 208 g/mol. The fourth-order valence-corrected chi connectivity index (χ4v) is 2.01. The zero-order valence-corrected chi connectivity index (χ0v) is 9.04. The molecule has 0 bridgehead atoms. The average Bonchev–Trinajstić information content (AvgIpc) is 2.23. The number of rotatable bonds is 1. The second kappa shape index (κ2) is 4.19. The largest absolute Gasteiger partial charge is 0.369 e. The van der Waals surface area contributed by atoms with Crippen molar-refractivity contribution in [2.45, 2.75) is 25.8 Å². The van der Waals surface area contributed by atoms with Crippen LogP contribution in [0.15, 0.2) is 18.2 Å². The molecule has 0 saturated carbocycles. The quantitative estimate of drug-likeness (QED) is 0.765. The van der Waals surface area contributed by atoms with Gasteiger partial charge in [-0.1, -0.05) is 6.07 Å². The third-order valence-electron chi connectivity index (χ3n) is 2.98. The Morgan fingerprint density at radius 3 is 2.67 bits per heavy atom.